The minimum absolute atomic E-state index is 0.0722. The first kappa shape index (κ1) is 19.5. The zero-order valence-electron chi connectivity index (χ0n) is 16.5. The predicted octanol–water partition coefficient (Wildman–Crippen LogP) is 3.71. The molecule has 1 fully saturated rings. The third-order valence-electron chi connectivity index (χ3n) is 5.58. The van der Waals surface area contributed by atoms with Crippen molar-refractivity contribution in [3.05, 3.63) is 46.9 Å². The SMILES string of the molecule is Cc1ccc(C)c(-c2csc(NC(=O)CCN3C(=O)[C@@H]4CC=CC[C@H]4C3=O)n2)c1. The molecule has 2 heterocycles. The van der Waals surface area contributed by atoms with Crippen molar-refractivity contribution in [3.63, 3.8) is 0 Å². The molecule has 0 bridgehead atoms. The maximum absolute atomic E-state index is 12.5. The van der Waals surface area contributed by atoms with Crippen LogP contribution in [0.2, 0.25) is 0 Å². The van der Waals surface area contributed by atoms with Gasteiger partial charge in [0.05, 0.1) is 17.5 Å². The van der Waals surface area contributed by atoms with E-state index >= 15 is 0 Å². The molecule has 29 heavy (non-hydrogen) atoms. The highest BCUT2D eigenvalue weighted by atomic mass is 32.1. The Morgan fingerprint density at radius 1 is 1.17 bits per heavy atom. The van der Waals surface area contributed by atoms with E-state index in [0.717, 1.165) is 22.4 Å². The van der Waals surface area contributed by atoms with Crippen LogP contribution in [0.5, 0.6) is 0 Å². The summed E-state index contributed by atoms with van der Waals surface area (Å²) in [5.41, 5.74) is 4.15. The zero-order chi connectivity index (χ0) is 20.5. The summed E-state index contributed by atoms with van der Waals surface area (Å²) < 4.78 is 0. The number of carbonyl (C=O) groups excluding carboxylic acids is 3. The topological polar surface area (TPSA) is 79.4 Å². The van der Waals surface area contributed by atoms with Crippen LogP contribution in [0.15, 0.2) is 35.7 Å². The van der Waals surface area contributed by atoms with Gasteiger partial charge in [0.25, 0.3) is 0 Å². The fourth-order valence-corrected chi connectivity index (χ4v) is 4.68. The van der Waals surface area contributed by atoms with Crippen LogP contribution in [0, 0.1) is 25.7 Å². The number of thiazole rings is 1. The summed E-state index contributed by atoms with van der Waals surface area (Å²) in [5, 5.41) is 5.23. The van der Waals surface area contributed by atoms with Crippen molar-refractivity contribution in [2.75, 3.05) is 11.9 Å². The lowest BCUT2D eigenvalue weighted by atomic mass is 9.85. The normalized spacial score (nSPS) is 20.8. The van der Waals surface area contributed by atoms with Crippen LogP contribution in [0.4, 0.5) is 5.13 Å². The van der Waals surface area contributed by atoms with Crippen LogP contribution in [0.1, 0.15) is 30.4 Å². The molecule has 2 atom stereocenters. The van der Waals surface area contributed by atoms with E-state index in [1.807, 2.05) is 31.4 Å². The number of rotatable bonds is 5. The molecule has 3 amide bonds. The number of aromatic nitrogens is 1. The summed E-state index contributed by atoms with van der Waals surface area (Å²) in [5.74, 6) is -1.06. The lowest BCUT2D eigenvalue weighted by molar-refractivity contribution is -0.140. The summed E-state index contributed by atoms with van der Waals surface area (Å²) in [4.78, 5) is 43.1. The number of hydrogen-bond donors (Lipinski definition) is 1. The number of imide groups is 1. The van der Waals surface area contributed by atoms with Gasteiger partial charge in [-0.1, -0.05) is 29.8 Å². The van der Waals surface area contributed by atoms with Crippen LogP contribution in [-0.2, 0) is 14.4 Å². The molecule has 0 spiro atoms. The number of nitrogens with one attached hydrogen (secondary N) is 1. The molecule has 0 radical (unpaired) electrons. The Bertz CT molecular complexity index is 984. The fourth-order valence-electron chi connectivity index (χ4n) is 3.95. The number of hydrogen-bond acceptors (Lipinski definition) is 5. The van der Waals surface area contributed by atoms with Crippen molar-refractivity contribution in [3.8, 4) is 11.3 Å². The monoisotopic (exact) mass is 409 g/mol. The number of amides is 3. The molecule has 7 heteroatoms. The Morgan fingerprint density at radius 2 is 1.86 bits per heavy atom. The van der Waals surface area contributed by atoms with E-state index in [9.17, 15) is 14.4 Å². The second-order valence-corrected chi connectivity index (χ2v) is 8.50. The number of anilines is 1. The maximum Gasteiger partial charge on any atom is 0.233 e. The molecule has 0 saturated carbocycles. The van der Waals surface area contributed by atoms with Gasteiger partial charge in [0, 0.05) is 23.9 Å². The first-order valence-electron chi connectivity index (χ1n) is 9.77. The van der Waals surface area contributed by atoms with E-state index in [-0.39, 0.29) is 42.5 Å². The summed E-state index contributed by atoms with van der Waals surface area (Å²) >= 11 is 1.36. The number of benzene rings is 1. The van der Waals surface area contributed by atoms with Crippen LogP contribution in [0.3, 0.4) is 0 Å². The average Bonchev–Trinajstić information content (AvgIpc) is 3.26. The molecule has 1 aromatic heterocycles. The number of carbonyl (C=O) groups is 3. The average molecular weight is 410 g/mol. The number of aryl methyl sites for hydroxylation is 2. The fraction of sp³-hybridized carbons (Fsp3) is 0.364. The van der Waals surface area contributed by atoms with E-state index in [4.69, 9.17) is 0 Å². The van der Waals surface area contributed by atoms with Gasteiger partial charge in [0.2, 0.25) is 17.7 Å². The number of fused-ring (bicyclic) bond motifs is 1. The predicted molar refractivity (Wildman–Crippen MR) is 112 cm³/mol. The first-order valence-corrected chi connectivity index (χ1v) is 10.6. The summed E-state index contributed by atoms with van der Waals surface area (Å²) in [7, 11) is 0. The van der Waals surface area contributed by atoms with E-state index in [2.05, 4.69) is 28.5 Å². The molecule has 0 unspecified atom stereocenters. The van der Waals surface area contributed by atoms with Gasteiger partial charge in [-0.25, -0.2) is 4.98 Å². The van der Waals surface area contributed by atoms with Crippen molar-refractivity contribution in [2.24, 2.45) is 11.8 Å². The smallest absolute Gasteiger partial charge is 0.233 e. The number of allylic oxidation sites excluding steroid dienone is 2. The molecule has 2 aliphatic rings. The van der Waals surface area contributed by atoms with Crippen LogP contribution in [-0.4, -0.2) is 34.2 Å². The highest BCUT2D eigenvalue weighted by Crippen LogP contribution is 2.35. The molecule has 150 valence electrons. The Labute approximate surface area is 173 Å². The third kappa shape index (κ3) is 3.87. The minimum Gasteiger partial charge on any atom is -0.302 e. The largest absolute Gasteiger partial charge is 0.302 e. The van der Waals surface area contributed by atoms with Gasteiger partial charge in [0.15, 0.2) is 5.13 Å². The quantitative estimate of drug-likeness (QED) is 0.603. The van der Waals surface area contributed by atoms with Crippen LogP contribution in [0.25, 0.3) is 11.3 Å². The highest BCUT2D eigenvalue weighted by Gasteiger charge is 2.46. The van der Waals surface area contributed by atoms with Crippen molar-refractivity contribution >= 4 is 34.2 Å². The Balaban J connectivity index is 1.36. The van der Waals surface area contributed by atoms with E-state index in [1.165, 1.54) is 16.2 Å². The van der Waals surface area contributed by atoms with Gasteiger partial charge in [-0.2, -0.15) is 0 Å². The van der Waals surface area contributed by atoms with Crippen molar-refractivity contribution in [2.45, 2.75) is 33.1 Å². The van der Waals surface area contributed by atoms with Crippen molar-refractivity contribution < 1.29 is 14.4 Å². The maximum atomic E-state index is 12.5. The molecule has 2 aromatic rings. The lowest BCUT2D eigenvalue weighted by Crippen LogP contribution is -2.34. The van der Waals surface area contributed by atoms with E-state index < -0.39 is 0 Å². The van der Waals surface area contributed by atoms with E-state index in [0.29, 0.717) is 18.0 Å². The van der Waals surface area contributed by atoms with Gasteiger partial charge in [0.1, 0.15) is 0 Å². The standard InChI is InChI=1S/C22H23N3O3S/c1-13-7-8-14(2)17(11-13)18-12-29-22(23-18)24-19(26)9-10-25-20(27)15-5-3-4-6-16(15)21(25)28/h3-4,7-8,11-12,15-16H,5-6,9-10H2,1-2H3,(H,23,24,26)/t15-,16-/m1/s1. The third-order valence-corrected chi connectivity index (χ3v) is 6.34. The van der Waals surface area contributed by atoms with Gasteiger partial charge in [-0.05, 0) is 38.3 Å². The van der Waals surface area contributed by atoms with E-state index in [1.54, 1.807) is 0 Å². The number of nitrogens with zero attached hydrogens (tertiary/aromatic N) is 2. The Hall–Kier alpha value is -2.80. The lowest BCUT2D eigenvalue weighted by Gasteiger charge is -2.14. The molecule has 1 N–H and O–H groups in total. The minimum atomic E-state index is -0.255. The Kier molecular flexibility index (Phi) is 5.32. The van der Waals surface area contributed by atoms with Gasteiger partial charge in [-0.3, -0.25) is 19.3 Å². The van der Waals surface area contributed by atoms with Crippen LogP contribution >= 0.6 is 11.3 Å². The molecule has 1 aliphatic heterocycles. The van der Waals surface area contributed by atoms with Crippen LogP contribution < -0.4 is 5.32 Å². The second kappa shape index (κ2) is 7.91. The molecular weight excluding hydrogens is 386 g/mol. The zero-order valence-corrected chi connectivity index (χ0v) is 17.3. The second-order valence-electron chi connectivity index (χ2n) is 7.64. The summed E-state index contributed by atoms with van der Waals surface area (Å²) in [6, 6.07) is 6.19. The molecule has 1 saturated heterocycles. The summed E-state index contributed by atoms with van der Waals surface area (Å²) in [6.45, 7) is 4.18. The molecule has 6 nitrogen and oxygen atoms in total. The Morgan fingerprint density at radius 3 is 2.55 bits per heavy atom. The molecule has 1 aliphatic carbocycles. The molecular formula is C22H23N3O3S. The van der Waals surface area contributed by atoms with Crippen molar-refractivity contribution in [1.29, 1.82) is 0 Å². The van der Waals surface area contributed by atoms with Crippen molar-refractivity contribution in [1.82, 2.24) is 9.88 Å². The summed E-state index contributed by atoms with van der Waals surface area (Å²) in [6.07, 6.45) is 5.20. The first-order chi connectivity index (χ1) is 13.9. The molecule has 4 rings (SSSR count). The van der Waals surface area contributed by atoms with Gasteiger partial charge >= 0.3 is 0 Å². The number of likely N-dealkylation sites (tertiary alicyclic amines) is 1. The molecule has 1 aromatic carbocycles. The van der Waals surface area contributed by atoms with Gasteiger partial charge < -0.3 is 5.32 Å². The van der Waals surface area contributed by atoms with Gasteiger partial charge in [-0.15, -0.1) is 11.3 Å². The highest BCUT2D eigenvalue weighted by molar-refractivity contribution is 7.14.